The number of piperidine rings is 1. The summed E-state index contributed by atoms with van der Waals surface area (Å²) in [7, 11) is 2.01. The number of nitrogens with zero attached hydrogens (tertiary/aromatic N) is 5. The number of fused-ring (bicyclic) bond motifs is 1. The van der Waals surface area contributed by atoms with Crippen LogP contribution in [-0.2, 0) is 19.1 Å². The average molecular weight is 577 g/mol. The normalized spacial score (nSPS) is 28.2. The fourth-order valence-electron chi connectivity index (χ4n) is 6.79. The molecule has 1 aliphatic carbocycles. The molecule has 0 aromatic carbocycles. The van der Waals surface area contributed by atoms with Gasteiger partial charge >= 0.3 is 11.9 Å². The van der Waals surface area contributed by atoms with Gasteiger partial charge in [0.2, 0.25) is 0 Å². The van der Waals surface area contributed by atoms with Gasteiger partial charge in [-0.3, -0.25) is 14.5 Å². The van der Waals surface area contributed by atoms with E-state index in [-0.39, 0.29) is 18.9 Å². The molecule has 226 valence electrons. The summed E-state index contributed by atoms with van der Waals surface area (Å²) >= 11 is 0. The molecule has 0 bridgehead atoms. The Kier molecular flexibility index (Phi) is 8.01. The molecule has 0 unspecified atom stereocenters. The molecule has 0 radical (unpaired) electrons. The minimum atomic E-state index is -2.80. The summed E-state index contributed by atoms with van der Waals surface area (Å²) in [4.78, 5) is 38.6. The van der Waals surface area contributed by atoms with Gasteiger partial charge in [-0.2, -0.15) is 0 Å². The quantitative estimate of drug-likeness (QED) is 0.495. The van der Waals surface area contributed by atoms with Crippen molar-refractivity contribution in [3.63, 3.8) is 0 Å². The number of alkyl halides is 2. The molecule has 3 fully saturated rings. The summed E-state index contributed by atoms with van der Waals surface area (Å²) < 4.78 is 44.1. The minimum Gasteiger partial charge on any atom is -0.458 e. The minimum absolute atomic E-state index is 0.176. The molecular formula is C29H42F2N6O4. The molecule has 0 amide bonds. The number of esters is 2. The summed E-state index contributed by atoms with van der Waals surface area (Å²) in [6, 6.07) is 1.36. The number of halogens is 2. The number of aromatic nitrogens is 3. The summed E-state index contributed by atoms with van der Waals surface area (Å²) in [6.07, 6.45) is 3.12. The standard InChI is InChI=1S/C29H42F2N6O4/c1-17(2)26(38)40-22-19(13-36-15-29(30,31)14-28(36)7-10-35(5)11-8-28)12-21(23(22)41-27(39)18(3)4)37-9-6-20-24(32)33-16-34-25(20)37/h6,9,16-19,21-23H,7-8,10-15H2,1-5H3,(H2,32,33,34)/t19-,21-,22-,23+/m1/s1. The third kappa shape index (κ3) is 5.77. The summed E-state index contributed by atoms with van der Waals surface area (Å²) in [5.41, 5.74) is 6.05. The highest BCUT2D eigenvalue weighted by molar-refractivity contribution is 5.86. The highest BCUT2D eigenvalue weighted by Crippen LogP contribution is 2.48. The lowest BCUT2D eigenvalue weighted by Crippen LogP contribution is -2.53. The Balaban J connectivity index is 1.53. The van der Waals surface area contributed by atoms with Crippen LogP contribution in [0.5, 0.6) is 0 Å². The van der Waals surface area contributed by atoms with Crippen LogP contribution in [0.15, 0.2) is 18.6 Å². The molecule has 2 saturated heterocycles. The van der Waals surface area contributed by atoms with Gasteiger partial charge in [0.15, 0.2) is 6.10 Å². The lowest BCUT2D eigenvalue weighted by atomic mass is 9.84. The molecule has 3 aliphatic rings. The number of nitrogens with two attached hydrogens (primary N) is 1. The van der Waals surface area contributed by atoms with E-state index in [0.29, 0.717) is 42.7 Å². The molecule has 10 nitrogen and oxygen atoms in total. The number of carbonyl (C=O) groups is 2. The van der Waals surface area contributed by atoms with Gasteiger partial charge in [-0.05, 0) is 45.5 Å². The van der Waals surface area contributed by atoms with E-state index in [1.54, 1.807) is 27.7 Å². The Bertz CT molecular complexity index is 1280. The fraction of sp³-hybridized carbons (Fsp3) is 0.724. The largest absolute Gasteiger partial charge is 0.458 e. The van der Waals surface area contributed by atoms with Gasteiger partial charge in [-0.25, -0.2) is 18.7 Å². The van der Waals surface area contributed by atoms with Crippen molar-refractivity contribution in [1.82, 2.24) is 24.3 Å². The third-order valence-electron chi connectivity index (χ3n) is 9.11. The monoisotopic (exact) mass is 576 g/mol. The second kappa shape index (κ2) is 11.1. The summed E-state index contributed by atoms with van der Waals surface area (Å²) in [5.74, 6) is -4.48. The summed E-state index contributed by atoms with van der Waals surface area (Å²) in [6.45, 7) is 8.43. The number of carbonyl (C=O) groups excluding carboxylic acids is 2. The van der Waals surface area contributed by atoms with E-state index < -0.39 is 53.5 Å². The van der Waals surface area contributed by atoms with Gasteiger partial charge in [0.05, 0.1) is 29.8 Å². The van der Waals surface area contributed by atoms with E-state index in [0.717, 1.165) is 13.1 Å². The van der Waals surface area contributed by atoms with E-state index >= 15 is 8.78 Å². The van der Waals surface area contributed by atoms with E-state index in [1.807, 2.05) is 28.8 Å². The molecule has 4 atom stereocenters. The topological polar surface area (TPSA) is 116 Å². The fourth-order valence-corrected chi connectivity index (χ4v) is 6.79. The molecule has 2 N–H and O–H groups in total. The highest BCUT2D eigenvalue weighted by atomic mass is 19.3. The van der Waals surface area contributed by atoms with E-state index in [1.165, 1.54) is 6.33 Å². The summed E-state index contributed by atoms with van der Waals surface area (Å²) in [5, 5.41) is 0.657. The van der Waals surface area contributed by atoms with Crippen LogP contribution in [0.3, 0.4) is 0 Å². The van der Waals surface area contributed by atoms with Crippen LogP contribution >= 0.6 is 0 Å². The maximum Gasteiger partial charge on any atom is 0.308 e. The third-order valence-corrected chi connectivity index (χ3v) is 9.11. The van der Waals surface area contributed by atoms with Crippen molar-refractivity contribution in [2.45, 2.75) is 83.1 Å². The lowest BCUT2D eigenvalue weighted by molar-refractivity contribution is -0.174. The van der Waals surface area contributed by atoms with Crippen molar-refractivity contribution in [2.24, 2.45) is 17.8 Å². The molecule has 41 heavy (non-hydrogen) atoms. The van der Waals surface area contributed by atoms with E-state index in [2.05, 4.69) is 14.9 Å². The maximum atomic E-state index is 15.0. The van der Waals surface area contributed by atoms with Crippen molar-refractivity contribution in [2.75, 3.05) is 39.0 Å². The molecule has 2 aromatic heterocycles. The zero-order chi connectivity index (χ0) is 29.7. The van der Waals surface area contributed by atoms with Crippen LogP contribution in [0, 0.1) is 17.8 Å². The number of nitrogen functional groups attached to an aromatic ring is 1. The maximum absolute atomic E-state index is 15.0. The van der Waals surface area contributed by atoms with Gasteiger partial charge in [0.1, 0.15) is 23.9 Å². The van der Waals surface area contributed by atoms with E-state index in [9.17, 15) is 9.59 Å². The predicted molar refractivity (Wildman–Crippen MR) is 149 cm³/mol. The van der Waals surface area contributed by atoms with E-state index in [4.69, 9.17) is 15.2 Å². The van der Waals surface area contributed by atoms with Gasteiger partial charge in [-0.1, -0.05) is 27.7 Å². The van der Waals surface area contributed by atoms with Crippen LogP contribution < -0.4 is 5.73 Å². The molecule has 12 heteroatoms. The lowest BCUT2D eigenvalue weighted by Gasteiger charge is -2.45. The first-order chi connectivity index (χ1) is 19.3. The number of hydrogen-bond acceptors (Lipinski definition) is 9. The molecule has 5 rings (SSSR count). The number of likely N-dealkylation sites (tertiary alicyclic amines) is 2. The highest BCUT2D eigenvalue weighted by Gasteiger charge is 2.58. The van der Waals surface area contributed by atoms with Gasteiger partial charge in [0, 0.05) is 30.6 Å². The second-order valence-electron chi connectivity index (χ2n) is 12.8. The number of hydrogen-bond donors (Lipinski definition) is 1. The second-order valence-corrected chi connectivity index (χ2v) is 12.8. The number of anilines is 1. The molecule has 1 saturated carbocycles. The Hall–Kier alpha value is -2.86. The van der Waals surface area contributed by atoms with Crippen molar-refractivity contribution >= 4 is 28.8 Å². The first-order valence-electron chi connectivity index (χ1n) is 14.6. The molecule has 4 heterocycles. The Morgan fingerprint density at radius 3 is 2.34 bits per heavy atom. The number of ether oxygens (including phenoxy) is 2. The Morgan fingerprint density at radius 2 is 1.71 bits per heavy atom. The number of rotatable bonds is 7. The van der Waals surface area contributed by atoms with Crippen LogP contribution in [0.2, 0.25) is 0 Å². The molecular weight excluding hydrogens is 534 g/mol. The van der Waals surface area contributed by atoms with Gasteiger partial charge in [0.25, 0.3) is 5.92 Å². The Morgan fingerprint density at radius 1 is 1.07 bits per heavy atom. The smallest absolute Gasteiger partial charge is 0.308 e. The predicted octanol–water partition coefficient (Wildman–Crippen LogP) is 3.52. The van der Waals surface area contributed by atoms with Gasteiger partial charge in [-0.15, -0.1) is 0 Å². The Labute approximate surface area is 239 Å². The molecule has 2 aromatic rings. The van der Waals surface area contributed by atoms with Crippen LogP contribution in [0.1, 0.15) is 59.4 Å². The zero-order valence-corrected chi connectivity index (χ0v) is 24.6. The average Bonchev–Trinajstić information content (AvgIpc) is 3.54. The zero-order valence-electron chi connectivity index (χ0n) is 24.6. The van der Waals surface area contributed by atoms with Crippen molar-refractivity contribution in [3.05, 3.63) is 18.6 Å². The van der Waals surface area contributed by atoms with Crippen LogP contribution in [-0.4, -0.2) is 93.2 Å². The van der Waals surface area contributed by atoms with Crippen molar-refractivity contribution in [3.8, 4) is 0 Å². The van der Waals surface area contributed by atoms with Crippen molar-refractivity contribution < 1.29 is 27.8 Å². The first kappa shape index (κ1) is 29.6. The van der Waals surface area contributed by atoms with Crippen LogP contribution in [0.4, 0.5) is 14.6 Å². The molecule has 1 spiro atoms. The first-order valence-corrected chi connectivity index (χ1v) is 14.6. The SMILES string of the molecule is CC(C)C(=O)O[C@@H]1[C@@H](CN2CC(F)(F)CC23CCN(C)CC3)C[C@@H](n2ccc3c(N)ncnc32)[C@@H]1OC(=O)C(C)C. The van der Waals surface area contributed by atoms with Crippen LogP contribution in [0.25, 0.3) is 11.0 Å². The van der Waals surface area contributed by atoms with Crippen molar-refractivity contribution in [1.29, 1.82) is 0 Å². The van der Waals surface area contributed by atoms with Gasteiger partial charge < -0.3 is 24.7 Å². The molecule has 2 aliphatic heterocycles.